The molecule has 23 nitrogen and oxygen atoms in total. The molecule has 1 fully saturated rings. The number of carbonyl (C=O) groups excluding carboxylic acids is 6. The zero-order chi connectivity index (χ0) is 69.4. The first-order valence-corrected chi connectivity index (χ1v) is 31.2. The molecule has 4 N–H and O–H groups in total. The van der Waals surface area contributed by atoms with Crippen LogP contribution >= 0.6 is 34.8 Å². The molecule has 0 unspecified atom stereocenters. The van der Waals surface area contributed by atoms with E-state index in [1.807, 2.05) is 91.0 Å². The molecule has 12 heterocycles. The number of fused-ring (bicyclic) bond motifs is 15. The molecule has 16 rings (SSSR count). The Balaban J connectivity index is 0.000000140. The highest BCUT2D eigenvalue weighted by Crippen LogP contribution is 2.44. The van der Waals surface area contributed by atoms with Crippen LogP contribution in [0.25, 0.3) is 66.9 Å². The van der Waals surface area contributed by atoms with E-state index < -0.39 is 50.9 Å². The maximum Gasteiger partial charge on any atom is 0.408 e. The molecule has 26 heteroatoms. The first-order chi connectivity index (χ1) is 46.6. The number of cyclic esters (lactones) is 3. The van der Waals surface area contributed by atoms with Crippen molar-refractivity contribution in [3.05, 3.63) is 190 Å². The molecule has 0 spiro atoms. The molecule has 95 heavy (non-hydrogen) atoms. The van der Waals surface area contributed by atoms with E-state index in [9.17, 15) is 43.5 Å². The number of hydrogen-bond donors (Lipinski definition) is 3. The fraction of sp³-hybridized carbons (Fsp3) is 0.304. The molecule has 1 saturated carbocycles. The maximum atomic E-state index is 13.5. The predicted molar refractivity (Wildman–Crippen MR) is 353 cm³/mol. The monoisotopic (exact) mass is 1350 g/mol. The molecule has 0 bridgehead atoms. The summed E-state index contributed by atoms with van der Waals surface area (Å²) in [6.45, 7) is 5.87. The van der Waals surface area contributed by atoms with Crippen LogP contribution in [-0.2, 0) is 94.3 Å². The molecule has 3 aromatic carbocycles. The Hall–Kier alpha value is -9.65. The van der Waals surface area contributed by atoms with E-state index in [-0.39, 0.29) is 74.4 Å². The van der Waals surface area contributed by atoms with Crippen LogP contribution in [0.15, 0.2) is 124 Å². The van der Waals surface area contributed by atoms with Gasteiger partial charge in [-0.25, -0.2) is 38.9 Å². The van der Waals surface area contributed by atoms with Gasteiger partial charge in [-0.1, -0.05) is 82.8 Å². The number of benzene rings is 3. The minimum Gasteiger partial charge on any atom is -0.458 e. The number of aromatic nitrogens is 6. The van der Waals surface area contributed by atoms with Gasteiger partial charge in [0.25, 0.3) is 16.7 Å². The van der Waals surface area contributed by atoms with Crippen LogP contribution in [0.3, 0.4) is 0 Å². The normalized spacial score (nSPS) is 19.3. The molecular weight excluding hydrogens is 1290 g/mol. The Labute approximate surface area is 559 Å². The minimum absolute atomic E-state index is 0. The first kappa shape index (κ1) is 64.1. The zero-order valence-electron chi connectivity index (χ0n) is 53.7. The number of hydrogen-bond acceptors (Lipinski definition) is 19. The van der Waals surface area contributed by atoms with Gasteiger partial charge in [0.1, 0.15) is 19.8 Å². The first-order valence-electron chi connectivity index (χ1n) is 31.8. The molecule has 6 aliphatic heterocycles. The molecule has 7 aliphatic rings. The van der Waals surface area contributed by atoms with Crippen LogP contribution in [0.5, 0.6) is 0 Å². The molecular formula is C69H63Cl3N8O15. The topological polar surface area (TPSA) is 312 Å². The van der Waals surface area contributed by atoms with Crippen molar-refractivity contribution in [3.8, 4) is 34.2 Å². The van der Waals surface area contributed by atoms with E-state index >= 15 is 0 Å². The van der Waals surface area contributed by atoms with Crippen molar-refractivity contribution in [2.24, 2.45) is 5.73 Å². The van der Waals surface area contributed by atoms with Crippen molar-refractivity contribution in [2.75, 3.05) is 7.02 Å². The number of nitrogens with zero attached hydrogens (tertiary/aromatic N) is 6. The number of pyridine rings is 6. The third-order valence-corrected chi connectivity index (χ3v) is 18.2. The van der Waals surface area contributed by atoms with Gasteiger partial charge in [-0.05, 0) is 123 Å². The predicted octanol–water partition coefficient (Wildman–Crippen LogP) is 10.7. The number of ether oxygens (including phenoxy) is 5. The molecule has 9 aromatic rings. The average Bonchev–Trinajstić information content (AvgIpc) is 1.68. The summed E-state index contributed by atoms with van der Waals surface area (Å²) in [5.41, 5.74) is 8.60. The number of esters is 3. The molecule has 0 radical (unpaired) electrons. The Bertz CT molecular complexity index is 4940. The summed E-state index contributed by atoms with van der Waals surface area (Å²) in [6, 6.07) is 34.6. The van der Waals surface area contributed by atoms with Gasteiger partial charge in [0.05, 0.1) is 87.0 Å². The highest BCUT2D eigenvalue weighted by Gasteiger charge is 2.53. The van der Waals surface area contributed by atoms with Crippen LogP contribution in [0, 0.1) is 0 Å². The lowest BCUT2D eigenvalue weighted by Gasteiger charge is -2.36. The molecule has 0 saturated heterocycles. The van der Waals surface area contributed by atoms with Gasteiger partial charge in [-0.15, -0.1) is 0 Å². The second-order valence-corrected chi connectivity index (χ2v) is 24.2. The molecule has 6 aromatic heterocycles. The Morgan fingerprint density at radius 1 is 0.589 bits per heavy atom. The third kappa shape index (κ3) is 11.5. The van der Waals surface area contributed by atoms with E-state index in [1.54, 1.807) is 52.7 Å². The van der Waals surface area contributed by atoms with Crippen LogP contribution in [-0.4, -0.2) is 81.0 Å². The number of halogens is 3. The summed E-state index contributed by atoms with van der Waals surface area (Å²) >= 11 is 14.3. The van der Waals surface area contributed by atoms with Gasteiger partial charge in [0, 0.05) is 69.9 Å². The summed E-state index contributed by atoms with van der Waals surface area (Å²) in [5.74, 6) is -2.10. The van der Waals surface area contributed by atoms with Crippen LogP contribution < -0.4 is 27.7 Å². The number of rotatable bonds is 6. The number of para-hydroxylation sites is 3. The van der Waals surface area contributed by atoms with Crippen molar-refractivity contribution in [1.82, 2.24) is 34.0 Å². The number of alkyl carbamates (subject to hydrolysis) is 1. The van der Waals surface area contributed by atoms with Gasteiger partial charge >= 0.3 is 34.1 Å². The zero-order valence-corrected chi connectivity index (χ0v) is 54.0. The van der Waals surface area contributed by atoms with E-state index in [1.165, 1.54) is 7.40 Å². The van der Waals surface area contributed by atoms with E-state index in [4.69, 9.17) is 57.8 Å². The summed E-state index contributed by atoms with van der Waals surface area (Å²) in [6.07, 6.45) is 2.53. The lowest BCUT2D eigenvalue weighted by molar-refractivity contribution is -0.173. The lowest BCUT2D eigenvalue weighted by atomic mass is 9.85. The van der Waals surface area contributed by atoms with E-state index in [2.05, 4.69) is 34.3 Å². The van der Waals surface area contributed by atoms with Crippen molar-refractivity contribution in [1.29, 1.82) is 0 Å². The van der Waals surface area contributed by atoms with Gasteiger partial charge in [-0.2, -0.15) is 0 Å². The largest absolute Gasteiger partial charge is 0.458 e. The number of aliphatic hydroxyl groups is 1. The number of amides is 1. The molecule has 490 valence electrons. The van der Waals surface area contributed by atoms with Gasteiger partial charge < -0.3 is 53.5 Å². The summed E-state index contributed by atoms with van der Waals surface area (Å²) in [4.78, 5) is 125. The number of carbonyl (C=O) groups is 6. The maximum absolute atomic E-state index is 13.5. The summed E-state index contributed by atoms with van der Waals surface area (Å²) in [7, 11) is 1.25. The van der Waals surface area contributed by atoms with Gasteiger partial charge in [0.15, 0.2) is 5.60 Å². The minimum atomic E-state index is -1.79. The highest BCUT2D eigenvalue weighted by atomic mass is 35.5. The molecule has 1 amide bonds. The third-order valence-electron chi connectivity index (χ3n) is 18.1. The molecule has 3 atom stereocenters. The van der Waals surface area contributed by atoms with Gasteiger partial charge in [0.2, 0.25) is 11.2 Å². The standard InChI is InChI=1S/C25H23N3O5.C21H15ClN2O5.C20H16N2O4.CCl2O.CH5N.CH4/c1-2-25(33-24(31)26-16-7-5-8-16)18-11-20-21-15(10-14-6-3-4-9-19(14)27-21)12-28(20)22(29)17(18)13-32-23(25)30;1-2-21(29-20(22)27)14-8-16-17-12(7-11-5-3-4-6-15(11)23-17)9-24(16)18(25)13(14)10-28-19(21)26;1-2-20(25)14-8-16-17-12(7-11-5-3-4-6-15(11)21-17)9-22(16)18(23)13(14)10-26-19(20)24;2-1(3)4;1-2;/h3-4,6,9-11,16H,2,5,7-8,12-13H2,1H3,(H,26,31);3-8H,2,9-10H2,1H3;3-8,25H,2,9-10H2,1H3;;2H2,1H3;1H4/t25-;21-;20-;;;/m000.../s1/i;;;;2*1D. The fourth-order valence-electron chi connectivity index (χ4n) is 13.1. The average molecular weight is 1350 g/mol. The Morgan fingerprint density at radius 3 is 1.28 bits per heavy atom. The van der Waals surface area contributed by atoms with Crippen molar-refractivity contribution < 1.29 is 60.3 Å². The number of nitrogens with one attached hydrogen (secondary N) is 1. The van der Waals surface area contributed by atoms with Crippen LogP contribution in [0.1, 0.15) is 120 Å². The number of nitrogens with two attached hydrogens (primary N) is 1. The summed E-state index contributed by atoms with van der Waals surface area (Å²) < 4.78 is 42.4. The van der Waals surface area contributed by atoms with Crippen LogP contribution in [0.2, 0.25) is 0 Å². The van der Waals surface area contributed by atoms with E-state index in [0.717, 1.165) is 74.4 Å². The molecule has 1 aliphatic carbocycles. The van der Waals surface area contributed by atoms with Crippen molar-refractivity contribution in [3.63, 3.8) is 0 Å². The second kappa shape index (κ2) is 26.3. The lowest BCUT2D eigenvalue weighted by Crippen LogP contribution is -2.50. The highest BCUT2D eigenvalue weighted by molar-refractivity contribution is 6.93. The SMILES string of the molecule is CC[C@@]1(O)C(=O)OCc2c1cc1n(c2=O)Cc2cc3ccccc3nc2-1.CC[C@@]1(OC(=O)Cl)C(=O)OCc2c1cc1n(c2=O)Cc2cc3ccccc3nc2-1.CC[C@@]1(OC(=O)NC2CCC2)C(=O)OCc2c1cc1n(c2=O)Cc2cc3ccccc3nc2-1.O=C(Cl)Cl.[2H]C.[2H]CN. The van der Waals surface area contributed by atoms with Crippen molar-refractivity contribution in [2.45, 2.75) is 129 Å². The second-order valence-electron chi connectivity index (χ2n) is 23.0. The summed E-state index contributed by atoms with van der Waals surface area (Å²) in [5, 5.41) is 16.6. The van der Waals surface area contributed by atoms with Gasteiger partial charge in [-0.3, -0.25) is 19.2 Å². The van der Waals surface area contributed by atoms with E-state index in [0.29, 0.717) is 75.9 Å². The Kier molecular flexibility index (Phi) is 17.7. The Morgan fingerprint density at radius 2 is 0.937 bits per heavy atom. The quantitative estimate of drug-likeness (QED) is 0.0791. The fourth-order valence-corrected chi connectivity index (χ4v) is 13.3. The van der Waals surface area contributed by atoms with Crippen molar-refractivity contribution >= 4 is 102 Å². The smallest absolute Gasteiger partial charge is 0.408 e. The van der Waals surface area contributed by atoms with Crippen LogP contribution in [0.4, 0.5) is 14.4 Å².